The molecule has 0 aromatic heterocycles. The number of rotatable bonds is 62. The molecule has 428 valence electrons. The molecule has 0 spiro atoms. The number of amides is 1. The summed E-state index contributed by atoms with van der Waals surface area (Å²) < 4.78 is 5.47. The Bertz CT molecular complexity index is 1080. The summed E-state index contributed by atoms with van der Waals surface area (Å²) in [5.41, 5.74) is 0. The van der Waals surface area contributed by atoms with Gasteiger partial charge in [0.1, 0.15) is 0 Å². The van der Waals surface area contributed by atoms with E-state index in [9.17, 15) is 19.8 Å². The van der Waals surface area contributed by atoms with Crippen LogP contribution in [0.5, 0.6) is 0 Å². The molecule has 0 saturated carbocycles. The second kappa shape index (κ2) is 62.1. The molecule has 0 aliphatic carbocycles. The standard InChI is InChI=1S/C66H129NO5/c1-3-5-7-9-11-13-15-40-44-48-52-56-60-66(71)72-61-57-53-49-45-41-38-36-34-32-30-28-26-24-22-20-18-16-17-19-21-23-25-27-29-31-33-35-37-39-43-47-51-55-59-65(70)67-63(62-68)64(69)58-54-50-46-42-14-12-10-8-6-4-2/h11,13,63-64,68-69H,3-10,12,14-62H2,1-2H3,(H,67,70)/b13-11-. The first-order chi connectivity index (χ1) is 35.5. The lowest BCUT2D eigenvalue weighted by Crippen LogP contribution is -2.45. The largest absolute Gasteiger partial charge is 0.466 e. The van der Waals surface area contributed by atoms with E-state index in [2.05, 4.69) is 31.3 Å². The highest BCUT2D eigenvalue weighted by atomic mass is 16.5. The van der Waals surface area contributed by atoms with Crippen molar-refractivity contribution in [2.75, 3.05) is 13.2 Å². The third-order valence-electron chi connectivity index (χ3n) is 15.6. The Morgan fingerprint density at radius 3 is 1.01 bits per heavy atom. The van der Waals surface area contributed by atoms with Gasteiger partial charge in [0.15, 0.2) is 0 Å². The lowest BCUT2D eigenvalue weighted by Gasteiger charge is -2.22. The summed E-state index contributed by atoms with van der Waals surface area (Å²) in [6.07, 6.45) is 75.5. The first kappa shape index (κ1) is 70.6. The third-order valence-corrected chi connectivity index (χ3v) is 15.6. The molecule has 3 N–H and O–H groups in total. The Kier molecular flexibility index (Phi) is 60.9. The van der Waals surface area contributed by atoms with Crippen LogP contribution in [-0.4, -0.2) is 47.4 Å². The van der Waals surface area contributed by atoms with Crippen LogP contribution >= 0.6 is 0 Å². The second-order valence-electron chi connectivity index (χ2n) is 22.8. The number of carbonyl (C=O) groups excluding carboxylic acids is 2. The van der Waals surface area contributed by atoms with Crippen LogP contribution in [0.3, 0.4) is 0 Å². The zero-order valence-electron chi connectivity index (χ0n) is 48.9. The van der Waals surface area contributed by atoms with E-state index in [4.69, 9.17) is 4.74 Å². The summed E-state index contributed by atoms with van der Waals surface area (Å²) in [4.78, 5) is 24.5. The first-order valence-electron chi connectivity index (χ1n) is 32.9. The second-order valence-corrected chi connectivity index (χ2v) is 22.8. The number of allylic oxidation sites excluding steroid dienone is 2. The third kappa shape index (κ3) is 57.9. The lowest BCUT2D eigenvalue weighted by atomic mass is 10.0. The zero-order valence-corrected chi connectivity index (χ0v) is 48.9. The number of unbranched alkanes of at least 4 members (excludes halogenated alkanes) is 49. The molecule has 0 aliphatic heterocycles. The van der Waals surface area contributed by atoms with E-state index in [-0.39, 0.29) is 18.5 Å². The Hall–Kier alpha value is -1.40. The normalized spacial score (nSPS) is 12.6. The fourth-order valence-corrected chi connectivity index (χ4v) is 10.5. The zero-order chi connectivity index (χ0) is 52.2. The van der Waals surface area contributed by atoms with Crippen molar-refractivity contribution in [1.29, 1.82) is 0 Å². The molecule has 2 atom stereocenters. The van der Waals surface area contributed by atoms with Crippen molar-refractivity contribution in [2.45, 2.75) is 386 Å². The van der Waals surface area contributed by atoms with Crippen molar-refractivity contribution in [2.24, 2.45) is 0 Å². The summed E-state index contributed by atoms with van der Waals surface area (Å²) in [7, 11) is 0. The quantitative estimate of drug-likeness (QED) is 0.0320. The maximum atomic E-state index is 12.4. The van der Waals surface area contributed by atoms with Gasteiger partial charge < -0.3 is 20.3 Å². The molecule has 0 fully saturated rings. The van der Waals surface area contributed by atoms with Crippen molar-refractivity contribution in [3.8, 4) is 0 Å². The Balaban J connectivity index is 3.28. The highest BCUT2D eigenvalue weighted by molar-refractivity contribution is 5.76. The number of aliphatic hydroxyl groups excluding tert-OH is 2. The van der Waals surface area contributed by atoms with E-state index < -0.39 is 12.1 Å². The van der Waals surface area contributed by atoms with Gasteiger partial charge in [0.05, 0.1) is 25.4 Å². The van der Waals surface area contributed by atoms with Crippen LogP contribution in [0.1, 0.15) is 373 Å². The Morgan fingerprint density at radius 2 is 0.653 bits per heavy atom. The van der Waals surface area contributed by atoms with Crippen LogP contribution in [-0.2, 0) is 14.3 Å². The SMILES string of the molecule is CCCCC/C=C\CCCCCCCC(=O)OCCCCCCCCCCCCCCCCCCCCCCCCCCCCCCCCCCCC(=O)NC(CO)C(O)CCCCCCCCCCCC. The molecule has 0 aromatic carbocycles. The van der Waals surface area contributed by atoms with Gasteiger partial charge in [-0.15, -0.1) is 0 Å². The first-order valence-corrected chi connectivity index (χ1v) is 32.9. The van der Waals surface area contributed by atoms with E-state index in [1.54, 1.807) is 0 Å². The molecule has 0 aromatic rings. The summed E-state index contributed by atoms with van der Waals surface area (Å²) in [5, 5.41) is 23.2. The topological polar surface area (TPSA) is 95.9 Å². The molecule has 0 bridgehead atoms. The summed E-state index contributed by atoms with van der Waals surface area (Å²) in [6.45, 7) is 4.94. The molecular formula is C66H129NO5. The van der Waals surface area contributed by atoms with Gasteiger partial charge in [-0.2, -0.15) is 0 Å². The molecule has 0 radical (unpaired) electrons. The van der Waals surface area contributed by atoms with Crippen molar-refractivity contribution in [3.05, 3.63) is 12.2 Å². The number of esters is 1. The number of hydrogen-bond acceptors (Lipinski definition) is 5. The maximum Gasteiger partial charge on any atom is 0.305 e. The van der Waals surface area contributed by atoms with Crippen molar-refractivity contribution in [3.63, 3.8) is 0 Å². The van der Waals surface area contributed by atoms with Crippen LogP contribution < -0.4 is 5.32 Å². The molecular weight excluding hydrogens is 887 g/mol. The molecule has 72 heavy (non-hydrogen) atoms. The lowest BCUT2D eigenvalue weighted by molar-refractivity contribution is -0.143. The molecule has 6 heteroatoms. The van der Waals surface area contributed by atoms with Crippen LogP contribution in [0.15, 0.2) is 12.2 Å². The number of hydrogen-bond donors (Lipinski definition) is 3. The number of aliphatic hydroxyl groups is 2. The molecule has 1 amide bonds. The minimum Gasteiger partial charge on any atom is -0.466 e. The smallest absolute Gasteiger partial charge is 0.305 e. The monoisotopic (exact) mass is 1020 g/mol. The maximum absolute atomic E-state index is 12.4. The number of carbonyl (C=O) groups is 2. The highest BCUT2D eigenvalue weighted by Gasteiger charge is 2.20. The Morgan fingerprint density at radius 1 is 0.375 bits per heavy atom. The predicted octanol–water partition coefficient (Wildman–Crippen LogP) is 20.8. The highest BCUT2D eigenvalue weighted by Crippen LogP contribution is 2.19. The van der Waals surface area contributed by atoms with Gasteiger partial charge in [0.2, 0.25) is 5.91 Å². The summed E-state index contributed by atoms with van der Waals surface area (Å²) >= 11 is 0. The predicted molar refractivity (Wildman–Crippen MR) is 315 cm³/mol. The molecule has 2 unspecified atom stereocenters. The minimum absolute atomic E-state index is 0.0120. The fraction of sp³-hybridized carbons (Fsp3) is 0.939. The van der Waals surface area contributed by atoms with E-state index in [1.807, 2.05) is 0 Å². The van der Waals surface area contributed by atoms with Gasteiger partial charge >= 0.3 is 5.97 Å². The minimum atomic E-state index is -0.658. The van der Waals surface area contributed by atoms with Crippen LogP contribution in [0.25, 0.3) is 0 Å². The van der Waals surface area contributed by atoms with Crippen LogP contribution in [0.2, 0.25) is 0 Å². The molecule has 0 rings (SSSR count). The average molecular weight is 1020 g/mol. The number of ether oxygens (including phenoxy) is 1. The van der Waals surface area contributed by atoms with Gasteiger partial charge in [-0.1, -0.05) is 321 Å². The van der Waals surface area contributed by atoms with Crippen molar-refractivity contribution < 1.29 is 24.5 Å². The van der Waals surface area contributed by atoms with Crippen molar-refractivity contribution >= 4 is 11.9 Å². The van der Waals surface area contributed by atoms with E-state index in [0.29, 0.717) is 25.9 Å². The molecule has 0 heterocycles. The molecule has 6 nitrogen and oxygen atoms in total. The van der Waals surface area contributed by atoms with Gasteiger partial charge in [0.25, 0.3) is 0 Å². The molecule has 0 aliphatic rings. The van der Waals surface area contributed by atoms with E-state index in [0.717, 1.165) is 44.9 Å². The van der Waals surface area contributed by atoms with Crippen LogP contribution in [0.4, 0.5) is 0 Å². The molecule has 0 saturated heterocycles. The van der Waals surface area contributed by atoms with Crippen molar-refractivity contribution in [1.82, 2.24) is 5.32 Å². The number of nitrogens with one attached hydrogen (secondary N) is 1. The summed E-state index contributed by atoms with van der Waals surface area (Å²) in [5.74, 6) is -0.0180. The van der Waals surface area contributed by atoms with Gasteiger partial charge in [-0.3, -0.25) is 9.59 Å². The van der Waals surface area contributed by atoms with Gasteiger partial charge in [-0.25, -0.2) is 0 Å². The fourth-order valence-electron chi connectivity index (χ4n) is 10.5. The Labute approximate surface area is 450 Å². The van der Waals surface area contributed by atoms with E-state index >= 15 is 0 Å². The average Bonchev–Trinajstić information content (AvgIpc) is 3.38. The van der Waals surface area contributed by atoms with Crippen LogP contribution in [0, 0.1) is 0 Å². The van der Waals surface area contributed by atoms with E-state index in [1.165, 1.54) is 295 Å². The van der Waals surface area contributed by atoms with Gasteiger partial charge in [-0.05, 0) is 51.4 Å². The van der Waals surface area contributed by atoms with Gasteiger partial charge in [0, 0.05) is 12.8 Å². The summed E-state index contributed by atoms with van der Waals surface area (Å²) in [6, 6.07) is -0.535.